The summed E-state index contributed by atoms with van der Waals surface area (Å²) in [5.74, 6) is 0. The Morgan fingerprint density at radius 2 is 2.18 bits per heavy atom. The Bertz CT molecular complexity index is 434. The van der Waals surface area contributed by atoms with Crippen LogP contribution in [0.4, 0.5) is 4.79 Å². The molecule has 1 aromatic heterocycles. The Kier molecular flexibility index (Phi) is 3.41. The number of carbonyl (C=O) groups is 1. The Hall–Kier alpha value is -0.680. The average Bonchev–Trinajstić information content (AvgIpc) is 2.72. The van der Waals surface area contributed by atoms with Gasteiger partial charge in [0.05, 0.1) is 17.3 Å². The molecule has 0 spiro atoms. The molecule has 1 aromatic rings. The van der Waals surface area contributed by atoms with Crippen LogP contribution in [0.2, 0.25) is 0 Å². The first-order valence-corrected chi connectivity index (χ1v) is 7.62. The summed E-state index contributed by atoms with van der Waals surface area (Å²) in [6.45, 7) is 7.04. The van der Waals surface area contributed by atoms with Crippen molar-refractivity contribution in [2.75, 3.05) is 6.26 Å². The number of amides is 1. The van der Waals surface area contributed by atoms with Gasteiger partial charge in [0.2, 0.25) is 0 Å². The predicted molar refractivity (Wildman–Crippen MR) is 71.6 cm³/mol. The van der Waals surface area contributed by atoms with Gasteiger partial charge in [0.15, 0.2) is 0 Å². The normalized spacial score (nSPS) is 14.9. The van der Waals surface area contributed by atoms with Gasteiger partial charge in [-0.15, -0.1) is 23.1 Å². The van der Waals surface area contributed by atoms with E-state index in [9.17, 15) is 4.79 Å². The van der Waals surface area contributed by atoms with Crippen molar-refractivity contribution in [1.82, 2.24) is 4.90 Å². The molecular weight excluding hydrogens is 254 g/mol. The molecule has 0 atom stereocenters. The van der Waals surface area contributed by atoms with Gasteiger partial charge in [-0.05, 0) is 38.0 Å². The van der Waals surface area contributed by atoms with Crippen LogP contribution in [-0.2, 0) is 17.8 Å². The van der Waals surface area contributed by atoms with E-state index in [1.165, 1.54) is 15.3 Å². The second kappa shape index (κ2) is 4.53. The van der Waals surface area contributed by atoms with E-state index in [0.29, 0.717) is 13.1 Å². The number of thiophene rings is 1. The second-order valence-electron chi connectivity index (χ2n) is 5.07. The molecule has 1 aliphatic rings. The molecule has 0 fully saturated rings. The molecule has 0 aliphatic carbocycles. The van der Waals surface area contributed by atoms with Crippen molar-refractivity contribution < 1.29 is 9.53 Å². The monoisotopic (exact) mass is 271 g/mol. The maximum Gasteiger partial charge on any atom is 0.410 e. The molecule has 0 bridgehead atoms. The van der Waals surface area contributed by atoms with E-state index in [-0.39, 0.29) is 6.09 Å². The zero-order chi connectivity index (χ0) is 12.6. The summed E-state index contributed by atoms with van der Waals surface area (Å²) in [6, 6.07) is 0. The molecule has 94 valence electrons. The highest BCUT2D eigenvalue weighted by Crippen LogP contribution is 2.36. The highest BCUT2D eigenvalue weighted by Gasteiger charge is 2.29. The lowest BCUT2D eigenvalue weighted by atomic mass is 10.2. The fourth-order valence-corrected chi connectivity index (χ4v) is 3.55. The van der Waals surface area contributed by atoms with E-state index in [0.717, 1.165) is 0 Å². The minimum absolute atomic E-state index is 0.217. The molecule has 0 unspecified atom stereocenters. The lowest BCUT2D eigenvalue weighted by Crippen LogP contribution is -2.33. The summed E-state index contributed by atoms with van der Waals surface area (Å²) in [4.78, 5) is 13.7. The van der Waals surface area contributed by atoms with Crippen LogP contribution < -0.4 is 0 Å². The molecule has 0 N–H and O–H groups in total. The molecule has 17 heavy (non-hydrogen) atoms. The number of carbonyl (C=O) groups excluding carboxylic acids is 1. The highest BCUT2D eigenvalue weighted by molar-refractivity contribution is 8.00. The fourth-order valence-electron chi connectivity index (χ4n) is 1.78. The summed E-state index contributed by atoms with van der Waals surface area (Å²) >= 11 is 3.51. The molecule has 0 saturated heterocycles. The van der Waals surface area contributed by atoms with Crippen molar-refractivity contribution in [2.24, 2.45) is 0 Å². The fraction of sp³-hybridized carbons (Fsp3) is 0.583. The molecular formula is C12H17NO2S2. The standard InChI is InChI=1S/C12H17NO2S2/c1-12(2,3)15-11(14)13-5-8-7-17-10(16-4)9(8)6-13/h7H,5-6H2,1-4H3. The Morgan fingerprint density at radius 1 is 1.47 bits per heavy atom. The summed E-state index contributed by atoms with van der Waals surface area (Å²) in [6.07, 6.45) is 1.85. The first-order valence-electron chi connectivity index (χ1n) is 5.52. The maximum atomic E-state index is 11.9. The first kappa shape index (κ1) is 12.8. The Balaban J connectivity index is 2.05. The molecule has 2 rings (SSSR count). The Morgan fingerprint density at radius 3 is 2.76 bits per heavy atom. The Labute approximate surface area is 110 Å². The van der Waals surface area contributed by atoms with Crippen molar-refractivity contribution in [2.45, 2.75) is 43.7 Å². The third kappa shape index (κ3) is 2.77. The van der Waals surface area contributed by atoms with Crippen molar-refractivity contribution in [3.05, 3.63) is 16.5 Å². The van der Waals surface area contributed by atoms with Gasteiger partial charge in [-0.25, -0.2) is 4.79 Å². The minimum atomic E-state index is -0.422. The van der Waals surface area contributed by atoms with E-state index >= 15 is 0 Å². The van der Waals surface area contributed by atoms with Gasteiger partial charge >= 0.3 is 6.09 Å². The van der Waals surface area contributed by atoms with Gasteiger partial charge in [-0.3, -0.25) is 4.90 Å². The number of thioether (sulfide) groups is 1. The number of nitrogens with zero attached hydrogens (tertiary/aromatic N) is 1. The summed E-state index contributed by atoms with van der Waals surface area (Å²) in [5.41, 5.74) is 2.15. The quantitative estimate of drug-likeness (QED) is 0.729. The summed E-state index contributed by atoms with van der Waals surface area (Å²) < 4.78 is 6.69. The van der Waals surface area contributed by atoms with Crippen LogP contribution in [-0.4, -0.2) is 22.8 Å². The van der Waals surface area contributed by atoms with Gasteiger partial charge < -0.3 is 4.74 Å². The molecule has 3 nitrogen and oxygen atoms in total. The van der Waals surface area contributed by atoms with Crippen LogP contribution in [0.3, 0.4) is 0 Å². The number of ether oxygens (including phenoxy) is 1. The van der Waals surface area contributed by atoms with Gasteiger partial charge in [-0.1, -0.05) is 0 Å². The molecule has 0 aromatic carbocycles. The van der Waals surface area contributed by atoms with Crippen LogP contribution in [0.1, 0.15) is 31.9 Å². The van der Waals surface area contributed by atoms with Crippen LogP contribution in [0.25, 0.3) is 0 Å². The molecule has 5 heteroatoms. The van der Waals surface area contributed by atoms with Crippen LogP contribution in [0.5, 0.6) is 0 Å². The van der Waals surface area contributed by atoms with Gasteiger partial charge in [-0.2, -0.15) is 0 Å². The average molecular weight is 271 g/mol. The maximum absolute atomic E-state index is 11.9. The minimum Gasteiger partial charge on any atom is -0.444 e. The van der Waals surface area contributed by atoms with Gasteiger partial charge in [0.25, 0.3) is 0 Å². The highest BCUT2D eigenvalue weighted by atomic mass is 32.2. The van der Waals surface area contributed by atoms with Crippen LogP contribution in [0, 0.1) is 0 Å². The molecule has 0 radical (unpaired) electrons. The number of fused-ring (bicyclic) bond motifs is 1. The zero-order valence-electron chi connectivity index (χ0n) is 10.6. The predicted octanol–water partition coefficient (Wildman–Crippen LogP) is 3.72. The topological polar surface area (TPSA) is 29.5 Å². The SMILES string of the molecule is CSc1scc2c1CN(C(=O)OC(C)(C)C)C2. The molecule has 1 amide bonds. The van der Waals surface area contributed by atoms with Crippen molar-refractivity contribution in [1.29, 1.82) is 0 Å². The second-order valence-corrected chi connectivity index (χ2v) is 7.02. The third-order valence-electron chi connectivity index (χ3n) is 2.49. The molecule has 1 aliphatic heterocycles. The lowest BCUT2D eigenvalue weighted by Gasteiger charge is -2.24. The number of hydrogen-bond donors (Lipinski definition) is 0. The van der Waals surface area contributed by atoms with Crippen molar-refractivity contribution in [3.8, 4) is 0 Å². The lowest BCUT2D eigenvalue weighted by molar-refractivity contribution is 0.0241. The number of rotatable bonds is 1. The smallest absolute Gasteiger partial charge is 0.410 e. The summed E-state index contributed by atoms with van der Waals surface area (Å²) in [5, 5.41) is 2.14. The van der Waals surface area contributed by atoms with E-state index < -0.39 is 5.60 Å². The van der Waals surface area contributed by atoms with E-state index in [1.54, 1.807) is 28.0 Å². The zero-order valence-corrected chi connectivity index (χ0v) is 12.2. The van der Waals surface area contributed by atoms with Crippen molar-refractivity contribution in [3.63, 3.8) is 0 Å². The van der Waals surface area contributed by atoms with E-state index in [4.69, 9.17) is 4.74 Å². The first-order chi connectivity index (χ1) is 7.90. The van der Waals surface area contributed by atoms with Gasteiger partial charge in [0, 0.05) is 5.56 Å². The molecule has 0 saturated carbocycles. The van der Waals surface area contributed by atoms with E-state index in [1.807, 2.05) is 20.8 Å². The van der Waals surface area contributed by atoms with Crippen LogP contribution >= 0.6 is 23.1 Å². The van der Waals surface area contributed by atoms with Crippen molar-refractivity contribution >= 4 is 29.2 Å². The largest absolute Gasteiger partial charge is 0.444 e. The molecule has 2 heterocycles. The van der Waals surface area contributed by atoms with Gasteiger partial charge in [0.1, 0.15) is 5.60 Å². The number of hydrogen-bond acceptors (Lipinski definition) is 4. The van der Waals surface area contributed by atoms with Crippen LogP contribution in [0.15, 0.2) is 9.59 Å². The van der Waals surface area contributed by atoms with E-state index in [2.05, 4.69) is 11.6 Å². The summed E-state index contributed by atoms with van der Waals surface area (Å²) in [7, 11) is 0. The third-order valence-corrected chi connectivity index (χ3v) is 4.76.